The third kappa shape index (κ3) is 5.47. The fourth-order valence-electron chi connectivity index (χ4n) is 1.35. The summed E-state index contributed by atoms with van der Waals surface area (Å²) in [6.45, 7) is 4.54. The second-order valence-corrected chi connectivity index (χ2v) is 4.45. The van der Waals surface area contributed by atoms with Crippen molar-refractivity contribution in [2.75, 3.05) is 6.61 Å². The van der Waals surface area contributed by atoms with Crippen molar-refractivity contribution in [2.45, 2.75) is 26.3 Å². The number of rotatable bonds is 6. The van der Waals surface area contributed by atoms with Gasteiger partial charge in [-0.25, -0.2) is 5.48 Å². The predicted molar refractivity (Wildman–Crippen MR) is 66.9 cm³/mol. The van der Waals surface area contributed by atoms with Gasteiger partial charge in [-0.05, 0) is 11.5 Å². The van der Waals surface area contributed by atoms with E-state index >= 15 is 0 Å². The van der Waals surface area contributed by atoms with E-state index in [-0.39, 0.29) is 18.4 Å². The molecule has 0 heterocycles. The van der Waals surface area contributed by atoms with Gasteiger partial charge in [-0.15, -0.1) is 0 Å². The van der Waals surface area contributed by atoms with E-state index < -0.39 is 0 Å². The van der Waals surface area contributed by atoms with Gasteiger partial charge in [-0.1, -0.05) is 44.2 Å². The van der Waals surface area contributed by atoms with Crippen molar-refractivity contribution < 1.29 is 9.63 Å². The van der Waals surface area contributed by atoms with Gasteiger partial charge in [0.05, 0.1) is 6.61 Å². The van der Waals surface area contributed by atoms with Crippen LogP contribution >= 0.6 is 0 Å². The van der Waals surface area contributed by atoms with Crippen molar-refractivity contribution >= 4 is 5.91 Å². The van der Waals surface area contributed by atoms with E-state index in [1.807, 2.05) is 44.2 Å². The molecule has 0 aliphatic rings. The zero-order valence-electron chi connectivity index (χ0n) is 10.3. The maximum Gasteiger partial charge on any atom is 0.245 e. The van der Waals surface area contributed by atoms with Crippen LogP contribution in [-0.4, -0.2) is 12.5 Å². The van der Waals surface area contributed by atoms with Crippen LogP contribution in [0.2, 0.25) is 0 Å². The molecule has 1 atom stereocenters. The number of nitrogens with two attached hydrogens (primary N) is 1. The summed E-state index contributed by atoms with van der Waals surface area (Å²) in [6.07, 6.45) is 0.224. The summed E-state index contributed by atoms with van der Waals surface area (Å²) in [7, 11) is 0. The van der Waals surface area contributed by atoms with E-state index in [9.17, 15) is 4.79 Å². The third-order valence-electron chi connectivity index (χ3n) is 2.24. The standard InChI is InChI=1S/C13H20N2O2/c1-10(2)9-17-15-13(16)8-12(14)11-6-4-3-5-7-11/h3-7,10,12H,8-9,14H2,1-2H3,(H,15,16). The highest BCUT2D eigenvalue weighted by atomic mass is 16.6. The molecule has 0 spiro atoms. The Morgan fingerprint density at radius 2 is 2.00 bits per heavy atom. The Morgan fingerprint density at radius 3 is 2.59 bits per heavy atom. The number of carbonyl (C=O) groups excluding carboxylic acids is 1. The molecular formula is C13H20N2O2. The van der Waals surface area contributed by atoms with Crippen molar-refractivity contribution in [1.82, 2.24) is 5.48 Å². The van der Waals surface area contributed by atoms with E-state index in [2.05, 4.69) is 5.48 Å². The molecule has 0 aromatic heterocycles. The van der Waals surface area contributed by atoms with Gasteiger partial charge in [0.2, 0.25) is 5.91 Å². The maximum atomic E-state index is 11.5. The van der Waals surface area contributed by atoms with Gasteiger partial charge in [0.15, 0.2) is 0 Å². The van der Waals surface area contributed by atoms with Gasteiger partial charge in [0.1, 0.15) is 0 Å². The van der Waals surface area contributed by atoms with Gasteiger partial charge < -0.3 is 5.73 Å². The number of hydroxylamine groups is 1. The lowest BCUT2D eigenvalue weighted by Crippen LogP contribution is -2.28. The lowest BCUT2D eigenvalue weighted by Gasteiger charge is -2.12. The molecule has 94 valence electrons. The number of hydrogen-bond acceptors (Lipinski definition) is 3. The van der Waals surface area contributed by atoms with Crippen LogP contribution in [0.1, 0.15) is 31.9 Å². The molecule has 0 saturated heterocycles. The maximum absolute atomic E-state index is 11.5. The molecule has 1 aromatic carbocycles. The van der Waals surface area contributed by atoms with Crippen LogP contribution in [0.3, 0.4) is 0 Å². The van der Waals surface area contributed by atoms with E-state index in [0.29, 0.717) is 12.5 Å². The van der Waals surface area contributed by atoms with Crippen LogP contribution in [0.5, 0.6) is 0 Å². The number of carbonyl (C=O) groups is 1. The fraction of sp³-hybridized carbons (Fsp3) is 0.462. The van der Waals surface area contributed by atoms with Crippen LogP contribution < -0.4 is 11.2 Å². The molecule has 4 heteroatoms. The highest BCUT2D eigenvalue weighted by molar-refractivity contribution is 5.75. The highest BCUT2D eigenvalue weighted by Crippen LogP contribution is 2.12. The molecule has 0 radical (unpaired) electrons. The molecule has 0 bridgehead atoms. The summed E-state index contributed by atoms with van der Waals surface area (Å²) < 4.78 is 0. The Labute approximate surface area is 102 Å². The Kier molecular flexibility index (Phi) is 5.66. The van der Waals surface area contributed by atoms with Crippen LogP contribution in [0, 0.1) is 5.92 Å². The molecule has 1 unspecified atom stereocenters. The quantitative estimate of drug-likeness (QED) is 0.740. The second kappa shape index (κ2) is 7.04. The fourth-order valence-corrected chi connectivity index (χ4v) is 1.35. The smallest absolute Gasteiger partial charge is 0.245 e. The van der Waals surface area contributed by atoms with Crippen molar-refractivity contribution in [1.29, 1.82) is 0 Å². The summed E-state index contributed by atoms with van der Waals surface area (Å²) >= 11 is 0. The highest BCUT2D eigenvalue weighted by Gasteiger charge is 2.11. The normalized spacial score (nSPS) is 12.5. The molecule has 4 nitrogen and oxygen atoms in total. The van der Waals surface area contributed by atoms with Crippen LogP contribution in [0.25, 0.3) is 0 Å². The molecule has 1 amide bonds. The molecule has 0 saturated carbocycles. The molecule has 3 N–H and O–H groups in total. The lowest BCUT2D eigenvalue weighted by atomic mass is 10.1. The average molecular weight is 236 g/mol. The van der Waals surface area contributed by atoms with Gasteiger partial charge >= 0.3 is 0 Å². The molecule has 17 heavy (non-hydrogen) atoms. The third-order valence-corrected chi connectivity index (χ3v) is 2.24. The summed E-state index contributed by atoms with van der Waals surface area (Å²) in [5.74, 6) is 0.195. The first-order valence-corrected chi connectivity index (χ1v) is 5.80. The summed E-state index contributed by atoms with van der Waals surface area (Å²) in [5.41, 5.74) is 9.26. The van der Waals surface area contributed by atoms with Crippen LogP contribution in [0.15, 0.2) is 30.3 Å². The number of amides is 1. The Hall–Kier alpha value is -1.39. The van der Waals surface area contributed by atoms with Gasteiger partial charge in [0.25, 0.3) is 0 Å². The first-order valence-electron chi connectivity index (χ1n) is 5.80. The monoisotopic (exact) mass is 236 g/mol. The number of nitrogens with one attached hydrogen (secondary N) is 1. The minimum absolute atomic E-state index is 0.193. The summed E-state index contributed by atoms with van der Waals surface area (Å²) in [6, 6.07) is 9.26. The largest absolute Gasteiger partial charge is 0.324 e. The average Bonchev–Trinajstić information content (AvgIpc) is 2.29. The molecule has 0 aliphatic carbocycles. The predicted octanol–water partition coefficient (Wildman–Crippen LogP) is 1.78. The van der Waals surface area contributed by atoms with Crippen molar-refractivity contribution in [3.05, 3.63) is 35.9 Å². The molecule has 1 aromatic rings. The first-order chi connectivity index (χ1) is 8.09. The van der Waals surface area contributed by atoms with Gasteiger partial charge in [-0.2, -0.15) is 0 Å². The minimum atomic E-state index is -0.293. The zero-order valence-corrected chi connectivity index (χ0v) is 10.3. The summed E-state index contributed by atoms with van der Waals surface area (Å²) in [4.78, 5) is 16.5. The van der Waals surface area contributed by atoms with Gasteiger partial charge in [0, 0.05) is 12.5 Å². The lowest BCUT2D eigenvalue weighted by molar-refractivity contribution is -0.134. The van der Waals surface area contributed by atoms with E-state index in [0.717, 1.165) is 5.56 Å². The molecular weight excluding hydrogens is 216 g/mol. The number of benzene rings is 1. The topological polar surface area (TPSA) is 64.3 Å². The van der Waals surface area contributed by atoms with E-state index in [4.69, 9.17) is 10.6 Å². The van der Waals surface area contributed by atoms with E-state index in [1.54, 1.807) is 0 Å². The van der Waals surface area contributed by atoms with Crippen molar-refractivity contribution in [3.8, 4) is 0 Å². The van der Waals surface area contributed by atoms with Gasteiger partial charge in [-0.3, -0.25) is 9.63 Å². The minimum Gasteiger partial charge on any atom is -0.324 e. The van der Waals surface area contributed by atoms with Crippen molar-refractivity contribution in [3.63, 3.8) is 0 Å². The number of hydrogen-bond donors (Lipinski definition) is 2. The Bertz CT molecular complexity index is 339. The SMILES string of the molecule is CC(C)CONC(=O)CC(N)c1ccccc1. The molecule has 0 fully saturated rings. The second-order valence-electron chi connectivity index (χ2n) is 4.45. The Balaban J connectivity index is 2.31. The van der Waals surface area contributed by atoms with Crippen molar-refractivity contribution in [2.24, 2.45) is 11.7 Å². The molecule has 0 aliphatic heterocycles. The zero-order chi connectivity index (χ0) is 12.7. The first kappa shape index (κ1) is 13.7. The molecule has 1 rings (SSSR count). The van der Waals surface area contributed by atoms with Crippen LogP contribution in [0.4, 0.5) is 0 Å². The Morgan fingerprint density at radius 1 is 1.35 bits per heavy atom. The van der Waals surface area contributed by atoms with Crippen LogP contribution in [-0.2, 0) is 9.63 Å². The summed E-state index contributed by atoms with van der Waals surface area (Å²) in [5, 5.41) is 0. The van der Waals surface area contributed by atoms with E-state index in [1.165, 1.54) is 0 Å².